The molecule has 0 aromatic rings. The number of rotatable bonds is 0. The summed E-state index contributed by atoms with van der Waals surface area (Å²) in [7, 11) is 0. The van der Waals surface area contributed by atoms with Crippen molar-refractivity contribution in [3.63, 3.8) is 0 Å². The molecule has 0 aliphatic heterocycles. The molecule has 0 aromatic carbocycles. The molecule has 32 valence electrons. The SMILES string of the molecule is O.[I-].[I-].[I-].[K+]. The van der Waals surface area contributed by atoms with Crippen molar-refractivity contribution in [3.05, 3.63) is 0 Å². The van der Waals surface area contributed by atoms with Crippen molar-refractivity contribution in [3.8, 4) is 0 Å². The summed E-state index contributed by atoms with van der Waals surface area (Å²) < 4.78 is 0. The predicted octanol–water partition coefficient (Wildman–Crippen LogP) is -12.8. The number of halogens is 3. The molecule has 0 radical (unpaired) electrons. The molecule has 0 atom stereocenters. The van der Waals surface area contributed by atoms with E-state index in [0.29, 0.717) is 0 Å². The summed E-state index contributed by atoms with van der Waals surface area (Å²) in [6.07, 6.45) is 0. The topological polar surface area (TPSA) is 31.5 Å². The second-order valence-electron chi connectivity index (χ2n) is 0. The van der Waals surface area contributed by atoms with Crippen LogP contribution < -0.4 is 123 Å². The van der Waals surface area contributed by atoms with Crippen molar-refractivity contribution in [2.24, 2.45) is 0 Å². The quantitative estimate of drug-likeness (QED) is 0.266. The Morgan fingerprint density at radius 3 is 0.600 bits per heavy atom. The maximum atomic E-state index is 0. The van der Waals surface area contributed by atoms with Crippen LogP contribution >= 0.6 is 0 Å². The van der Waals surface area contributed by atoms with Crippen LogP contribution in [0.4, 0.5) is 0 Å². The molecule has 2 N–H and O–H groups in total. The fourth-order valence-corrected chi connectivity index (χ4v) is 0. The number of hydrogen-bond donors (Lipinski definition) is 0. The van der Waals surface area contributed by atoms with Crippen LogP contribution in [0.25, 0.3) is 0 Å². The van der Waals surface area contributed by atoms with Gasteiger partial charge in [0.15, 0.2) is 0 Å². The smallest absolute Gasteiger partial charge is 1.00 e. The normalized spacial score (nSPS) is 0. The van der Waals surface area contributed by atoms with Gasteiger partial charge in [-0.15, -0.1) is 0 Å². The molecule has 0 heterocycles. The molecule has 5 heavy (non-hydrogen) atoms. The van der Waals surface area contributed by atoms with Gasteiger partial charge in [0.25, 0.3) is 0 Å². The second-order valence-corrected chi connectivity index (χ2v) is 0. The Kier molecular flexibility index (Phi) is 186. The van der Waals surface area contributed by atoms with Crippen LogP contribution in [0.3, 0.4) is 0 Å². The largest absolute Gasteiger partial charge is 1.00 e. The maximum absolute atomic E-state index is 0. The first kappa shape index (κ1) is 37.2. The monoisotopic (exact) mass is 438 g/mol. The van der Waals surface area contributed by atoms with Crippen LogP contribution in [0.1, 0.15) is 0 Å². The van der Waals surface area contributed by atoms with Gasteiger partial charge in [-0.3, -0.25) is 0 Å². The molecular weight excluding hydrogens is 436 g/mol. The molecule has 0 spiro atoms. The summed E-state index contributed by atoms with van der Waals surface area (Å²) >= 11 is 0. The molecule has 0 saturated heterocycles. The Hall–Kier alpha value is 3.79. The van der Waals surface area contributed by atoms with Crippen molar-refractivity contribution < 1.29 is 129 Å². The zero-order chi connectivity index (χ0) is 0. The first-order valence-corrected chi connectivity index (χ1v) is 0. The van der Waals surface area contributed by atoms with Gasteiger partial charge in [0, 0.05) is 0 Å². The van der Waals surface area contributed by atoms with Gasteiger partial charge in [-0.25, -0.2) is 0 Å². The van der Waals surface area contributed by atoms with Crippen molar-refractivity contribution >= 4 is 0 Å². The molecule has 0 rings (SSSR count). The van der Waals surface area contributed by atoms with Gasteiger partial charge in [0.05, 0.1) is 0 Å². The van der Waals surface area contributed by atoms with Crippen molar-refractivity contribution in [1.29, 1.82) is 0 Å². The third-order valence-corrected chi connectivity index (χ3v) is 0. The molecule has 0 unspecified atom stereocenters. The molecule has 0 aliphatic carbocycles. The van der Waals surface area contributed by atoms with Gasteiger partial charge < -0.3 is 77.4 Å². The van der Waals surface area contributed by atoms with Crippen LogP contribution in [0.15, 0.2) is 0 Å². The van der Waals surface area contributed by atoms with Crippen molar-refractivity contribution in [2.45, 2.75) is 0 Å². The van der Waals surface area contributed by atoms with Gasteiger partial charge in [0.1, 0.15) is 0 Å². The summed E-state index contributed by atoms with van der Waals surface area (Å²) in [5.74, 6) is 0. The van der Waals surface area contributed by atoms with E-state index in [1.54, 1.807) is 0 Å². The molecule has 0 aliphatic rings. The van der Waals surface area contributed by atoms with Crippen molar-refractivity contribution in [1.82, 2.24) is 0 Å². The minimum Gasteiger partial charge on any atom is -1.00 e. The summed E-state index contributed by atoms with van der Waals surface area (Å²) in [6, 6.07) is 0. The maximum Gasteiger partial charge on any atom is 1.00 e. The minimum atomic E-state index is 0. The molecular formula is H2I3KO-2. The van der Waals surface area contributed by atoms with E-state index in [0.717, 1.165) is 0 Å². The van der Waals surface area contributed by atoms with E-state index in [-0.39, 0.29) is 129 Å². The third-order valence-electron chi connectivity index (χ3n) is 0. The fraction of sp³-hybridized carbons (Fsp3) is 0. The van der Waals surface area contributed by atoms with Crippen LogP contribution in [0, 0.1) is 0 Å². The van der Waals surface area contributed by atoms with E-state index in [4.69, 9.17) is 0 Å². The molecule has 1 nitrogen and oxygen atoms in total. The Labute approximate surface area is 125 Å². The second kappa shape index (κ2) is 25.0. The Bertz CT molecular complexity index is 6.85. The first-order valence-electron chi connectivity index (χ1n) is 0. The van der Waals surface area contributed by atoms with Crippen LogP contribution in [-0.2, 0) is 0 Å². The summed E-state index contributed by atoms with van der Waals surface area (Å²) in [6.45, 7) is 0. The van der Waals surface area contributed by atoms with E-state index in [1.165, 1.54) is 0 Å². The molecule has 0 aromatic heterocycles. The van der Waals surface area contributed by atoms with E-state index in [9.17, 15) is 0 Å². The van der Waals surface area contributed by atoms with E-state index in [2.05, 4.69) is 0 Å². The zero-order valence-electron chi connectivity index (χ0n) is 2.63. The van der Waals surface area contributed by atoms with Crippen LogP contribution in [-0.4, -0.2) is 5.48 Å². The molecule has 5 heteroatoms. The average Bonchev–Trinajstić information content (AvgIpc) is 0. The predicted molar refractivity (Wildman–Crippen MR) is 3.61 cm³/mol. The van der Waals surface area contributed by atoms with Gasteiger partial charge in [-0.2, -0.15) is 0 Å². The third kappa shape index (κ3) is 18.2. The molecule has 0 saturated carbocycles. The number of hydrogen-bond acceptors (Lipinski definition) is 0. The fourth-order valence-electron chi connectivity index (χ4n) is 0. The Morgan fingerprint density at radius 2 is 0.600 bits per heavy atom. The van der Waals surface area contributed by atoms with E-state index in [1.807, 2.05) is 0 Å². The van der Waals surface area contributed by atoms with E-state index >= 15 is 0 Å². The van der Waals surface area contributed by atoms with Gasteiger partial charge in [0.2, 0.25) is 0 Å². The average molecular weight is 438 g/mol. The summed E-state index contributed by atoms with van der Waals surface area (Å²) in [5.41, 5.74) is 0. The Morgan fingerprint density at radius 1 is 0.600 bits per heavy atom. The van der Waals surface area contributed by atoms with Gasteiger partial charge in [-0.05, 0) is 0 Å². The Balaban J connectivity index is 0. The van der Waals surface area contributed by atoms with Crippen LogP contribution in [0.2, 0.25) is 0 Å². The molecule has 0 amide bonds. The zero-order valence-corrected chi connectivity index (χ0v) is 12.2. The summed E-state index contributed by atoms with van der Waals surface area (Å²) in [4.78, 5) is 0. The molecule has 0 bridgehead atoms. The summed E-state index contributed by atoms with van der Waals surface area (Å²) in [5, 5.41) is 0. The van der Waals surface area contributed by atoms with Gasteiger partial charge in [-0.1, -0.05) is 0 Å². The minimum absolute atomic E-state index is 0. The van der Waals surface area contributed by atoms with E-state index < -0.39 is 0 Å². The first-order chi connectivity index (χ1) is 0. The standard InChI is InChI=1S/3HI.K.H2O/h3*1H;;1H2/q;;;+1;/p-3. The van der Waals surface area contributed by atoms with Crippen molar-refractivity contribution in [2.75, 3.05) is 0 Å². The van der Waals surface area contributed by atoms with Crippen LogP contribution in [0.5, 0.6) is 0 Å². The van der Waals surface area contributed by atoms with Gasteiger partial charge >= 0.3 is 51.4 Å². The molecule has 0 fully saturated rings.